The van der Waals surface area contributed by atoms with E-state index < -0.39 is 18.2 Å². The predicted molar refractivity (Wildman–Crippen MR) is 106 cm³/mol. The quantitative estimate of drug-likeness (QED) is 0.453. The zero-order chi connectivity index (χ0) is 20.1. The van der Waals surface area contributed by atoms with Crippen molar-refractivity contribution in [3.63, 3.8) is 0 Å². The van der Waals surface area contributed by atoms with Crippen LogP contribution in [-0.2, 0) is 9.59 Å². The lowest BCUT2D eigenvalue weighted by Crippen LogP contribution is -2.19. The van der Waals surface area contributed by atoms with E-state index >= 15 is 0 Å². The second-order valence-corrected chi connectivity index (χ2v) is 6.84. The molecular formula is C22H32O5. The van der Waals surface area contributed by atoms with Gasteiger partial charge in [0.15, 0.2) is 0 Å². The zero-order valence-electron chi connectivity index (χ0n) is 16.0. The molecule has 0 radical (unpaired) electrons. The maximum absolute atomic E-state index is 12.1. The highest BCUT2D eigenvalue weighted by Gasteiger charge is 2.39. The first-order valence-corrected chi connectivity index (χ1v) is 9.69. The zero-order valence-corrected chi connectivity index (χ0v) is 16.0. The van der Waals surface area contributed by atoms with E-state index in [1.54, 1.807) is 6.08 Å². The Morgan fingerprint density at radius 2 is 1.78 bits per heavy atom. The molecule has 1 aliphatic carbocycles. The Kier molecular flexibility index (Phi) is 11.3. The Balaban J connectivity index is 2.48. The van der Waals surface area contributed by atoms with Crippen LogP contribution >= 0.6 is 0 Å². The standard InChI is InChI=1S/C22H32O5/c1-2-3-4-5-6-7-8-9-10-11-18-19(21(25)16-20(18)24)14-12-17(23)13-15-22(26)27/h3-4,6-7,9-10,12,14,17-19,21,23,25H,2,5,8,11,13,15-16H2,1H3,(H,26,27)/b4-3-,7-6-,10-9-,14-12+/t17-,18-,19-,21-/m0/s1. The normalized spacial score (nSPS) is 24.9. The first-order valence-electron chi connectivity index (χ1n) is 9.69. The molecule has 27 heavy (non-hydrogen) atoms. The van der Waals surface area contributed by atoms with Gasteiger partial charge >= 0.3 is 5.97 Å². The van der Waals surface area contributed by atoms with Gasteiger partial charge in [0.1, 0.15) is 5.78 Å². The number of aliphatic hydroxyl groups excluding tert-OH is 2. The van der Waals surface area contributed by atoms with E-state index in [9.17, 15) is 19.8 Å². The van der Waals surface area contributed by atoms with Crippen molar-refractivity contribution in [2.24, 2.45) is 11.8 Å². The molecule has 1 fully saturated rings. The van der Waals surface area contributed by atoms with Crippen LogP contribution < -0.4 is 0 Å². The predicted octanol–water partition coefficient (Wildman–Crippen LogP) is 3.58. The molecule has 1 saturated carbocycles. The molecule has 0 amide bonds. The first kappa shape index (κ1) is 23.1. The fraction of sp³-hybridized carbons (Fsp3) is 0.545. The molecule has 0 heterocycles. The van der Waals surface area contributed by atoms with Gasteiger partial charge in [-0.15, -0.1) is 0 Å². The Morgan fingerprint density at radius 1 is 1.15 bits per heavy atom. The van der Waals surface area contributed by atoms with Crippen LogP contribution in [0.2, 0.25) is 0 Å². The number of aliphatic carboxylic acids is 1. The van der Waals surface area contributed by atoms with Gasteiger partial charge in [0, 0.05) is 24.7 Å². The molecule has 1 rings (SSSR count). The third-order valence-electron chi connectivity index (χ3n) is 4.61. The van der Waals surface area contributed by atoms with Crippen LogP contribution in [0.1, 0.15) is 51.9 Å². The van der Waals surface area contributed by atoms with Crippen molar-refractivity contribution in [2.75, 3.05) is 0 Å². The van der Waals surface area contributed by atoms with E-state index in [0.717, 1.165) is 19.3 Å². The largest absolute Gasteiger partial charge is 0.481 e. The Bertz CT molecular complexity index is 573. The maximum Gasteiger partial charge on any atom is 0.303 e. The van der Waals surface area contributed by atoms with Crippen molar-refractivity contribution in [1.29, 1.82) is 0 Å². The second kappa shape index (κ2) is 13.2. The molecule has 150 valence electrons. The molecule has 1 aliphatic rings. The van der Waals surface area contributed by atoms with E-state index in [1.165, 1.54) is 6.08 Å². The number of aliphatic hydroxyl groups is 2. The number of ketones is 1. The number of carboxylic acids is 1. The lowest BCUT2D eigenvalue weighted by Gasteiger charge is -2.16. The van der Waals surface area contributed by atoms with Gasteiger partial charge in [0.2, 0.25) is 0 Å². The van der Waals surface area contributed by atoms with Crippen molar-refractivity contribution in [2.45, 2.75) is 64.1 Å². The van der Waals surface area contributed by atoms with Crippen molar-refractivity contribution >= 4 is 11.8 Å². The van der Waals surface area contributed by atoms with Crippen LogP contribution in [0.4, 0.5) is 0 Å². The van der Waals surface area contributed by atoms with Crippen LogP contribution in [0.25, 0.3) is 0 Å². The maximum atomic E-state index is 12.1. The summed E-state index contributed by atoms with van der Waals surface area (Å²) in [4.78, 5) is 22.7. The summed E-state index contributed by atoms with van der Waals surface area (Å²) >= 11 is 0. The number of carboxylic acid groups (broad SMARTS) is 1. The fourth-order valence-electron chi connectivity index (χ4n) is 3.10. The van der Waals surface area contributed by atoms with Gasteiger partial charge in [-0.05, 0) is 32.1 Å². The van der Waals surface area contributed by atoms with Crippen molar-refractivity contribution in [3.8, 4) is 0 Å². The summed E-state index contributed by atoms with van der Waals surface area (Å²) < 4.78 is 0. The van der Waals surface area contributed by atoms with Gasteiger partial charge < -0.3 is 15.3 Å². The van der Waals surface area contributed by atoms with Crippen LogP contribution in [0.3, 0.4) is 0 Å². The summed E-state index contributed by atoms with van der Waals surface area (Å²) in [6.45, 7) is 2.10. The molecule has 0 aromatic heterocycles. The topological polar surface area (TPSA) is 94.8 Å². The first-order chi connectivity index (χ1) is 13.0. The van der Waals surface area contributed by atoms with Crippen molar-refractivity contribution in [3.05, 3.63) is 48.6 Å². The average Bonchev–Trinajstić information content (AvgIpc) is 2.89. The summed E-state index contributed by atoms with van der Waals surface area (Å²) in [6.07, 6.45) is 17.4. The third-order valence-corrected chi connectivity index (χ3v) is 4.61. The van der Waals surface area contributed by atoms with E-state index in [2.05, 4.69) is 31.2 Å². The van der Waals surface area contributed by atoms with Crippen LogP contribution in [0.5, 0.6) is 0 Å². The molecule has 3 N–H and O–H groups in total. The van der Waals surface area contributed by atoms with Gasteiger partial charge in [-0.25, -0.2) is 0 Å². The monoisotopic (exact) mass is 376 g/mol. The molecule has 0 aromatic rings. The molecule has 0 saturated heterocycles. The summed E-state index contributed by atoms with van der Waals surface area (Å²) in [5, 5.41) is 28.6. The number of Topliss-reactive ketones (excluding diaryl/α,β-unsaturated/α-hetero) is 1. The summed E-state index contributed by atoms with van der Waals surface area (Å²) in [5.74, 6) is -1.56. The van der Waals surface area contributed by atoms with Gasteiger partial charge in [-0.2, -0.15) is 0 Å². The molecular weight excluding hydrogens is 344 g/mol. The van der Waals surface area contributed by atoms with Gasteiger partial charge in [-0.3, -0.25) is 9.59 Å². The second-order valence-electron chi connectivity index (χ2n) is 6.84. The number of hydrogen-bond acceptors (Lipinski definition) is 4. The number of rotatable bonds is 12. The SMILES string of the molecule is CC/C=C\C/C=C\C/C=C\C[C@@H]1C(=O)C[C@H](O)[C@H]1/C=C/[C@H](O)CCC(=O)O. The minimum atomic E-state index is -0.961. The molecule has 5 heteroatoms. The average molecular weight is 376 g/mol. The van der Waals surface area contributed by atoms with E-state index in [-0.39, 0.29) is 36.9 Å². The number of carbonyl (C=O) groups is 2. The lowest BCUT2D eigenvalue weighted by atomic mass is 9.90. The van der Waals surface area contributed by atoms with Crippen molar-refractivity contribution in [1.82, 2.24) is 0 Å². The van der Waals surface area contributed by atoms with Crippen molar-refractivity contribution < 1.29 is 24.9 Å². The molecule has 0 bridgehead atoms. The molecule has 0 aliphatic heterocycles. The number of hydrogen-bond donors (Lipinski definition) is 3. The summed E-state index contributed by atoms with van der Waals surface area (Å²) in [6, 6.07) is 0. The minimum Gasteiger partial charge on any atom is -0.481 e. The smallest absolute Gasteiger partial charge is 0.303 e. The highest BCUT2D eigenvalue weighted by molar-refractivity contribution is 5.84. The molecule has 5 nitrogen and oxygen atoms in total. The van der Waals surface area contributed by atoms with Crippen LogP contribution in [-0.4, -0.2) is 39.3 Å². The highest BCUT2D eigenvalue weighted by atomic mass is 16.4. The molecule has 0 aromatic carbocycles. The van der Waals surface area contributed by atoms with Gasteiger partial charge in [0.05, 0.1) is 12.2 Å². The van der Waals surface area contributed by atoms with Gasteiger partial charge in [-0.1, -0.05) is 55.5 Å². The summed E-state index contributed by atoms with van der Waals surface area (Å²) in [5.41, 5.74) is 0. The Labute approximate surface area is 161 Å². The van der Waals surface area contributed by atoms with E-state index in [0.29, 0.717) is 6.42 Å². The lowest BCUT2D eigenvalue weighted by molar-refractivity contribution is -0.137. The van der Waals surface area contributed by atoms with Crippen LogP contribution in [0.15, 0.2) is 48.6 Å². The van der Waals surface area contributed by atoms with E-state index in [1.807, 2.05) is 12.2 Å². The molecule has 0 unspecified atom stereocenters. The van der Waals surface area contributed by atoms with Crippen LogP contribution in [0, 0.1) is 11.8 Å². The molecule has 4 atom stereocenters. The Hall–Kier alpha value is -1.98. The third kappa shape index (κ3) is 9.50. The number of allylic oxidation sites excluding steroid dienone is 6. The fourth-order valence-corrected chi connectivity index (χ4v) is 3.10. The summed E-state index contributed by atoms with van der Waals surface area (Å²) in [7, 11) is 0. The molecule has 0 spiro atoms. The van der Waals surface area contributed by atoms with Gasteiger partial charge in [0.25, 0.3) is 0 Å². The van der Waals surface area contributed by atoms with E-state index in [4.69, 9.17) is 5.11 Å². The minimum absolute atomic E-state index is 0.0297. The Morgan fingerprint density at radius 3 is 2.41 bits per heavy atom. The highest BCUT2D eigenvalue weighted by Crippen LogP contribution is 2.33. The number of carbonyl (C=O) groups excluding carboxylic acids is 1.